The second-order valence-electron chi connectivity index (χ2n) is 4.98. The Morgan fingerprint density at radius 1 is 1.33 bits per heavy atom. The van der Waals surface area contributed by atoms with Crippen molar-refractivity contribution in [3.63, 3.8) is 0 Å². The zero-order valence-electron chi connectivity index (χ0n) is 9.62. The van der Waals surface area contributed by atoms with Crippen molar-refractivity contribution in [1.29, 1.82) is 0 Å². The van der Waals surface area contributed by atoms with Crippen molar-refractivity contribution in [3.05, 3.63) is 0 Å². The molecule has 2 amide bonds. The number of fused-ring (bicyclic) bond motifs is 2. The Labute approximate surface area is 91.4 Å². The van der Waals surface area contributed by atoms with Crippen LogP contribution in [-0.4, -0.2) is 42.1 Å². The molecule has 4 heteroatoms. The second-order valence-corrected chi connectivity index (χ2v) is 4.98. The molecule has 4 nitrogen and oxygen atoms in total. The van der Waals surface area contributed by atoms with Crippen LogP contribution in [0.5, 0.6) is 0 Å². The van der Waals surface area contributed by atoms with E-state index in [1.165, 1.54) is 12.8 Å². The summed E-state index contributed by atoms with van der Waals surface area (Å²) in [5.74, 6) is 0. The summed E-state index contributed by atoms with van der Waals surface area (Å²) in [6.07, 6.45) is 3.60. The molecule has 2 fully saturated rings. The van der Waals surface area contributed by atoms with Crippen molar-refractivity contribution in [2.24, 2.45) is 0 Å². The van der Waals surface area contributed by atoms with Crippen LogP contribution in [0.4, 0.5) is 4.79 Å². The standard InChI is InChI=1S/C11H21N3O/c1-8(2)12-11(15)14-6-5-9-3-4-10(7-14)13-9/h8-10,13H,3-7H2,1-2H3,(H,12,15)/t9-,10+/m1/s1. The van der Waals surface area contributed by atoms with Gasteiger partial charge in [0.25, 0.3) is 0 Å². The molecule has 2 saturated heterocycles. The number of amides is 2. The zero-order valence-corrected chi connectivity index (χ0v) is 9.62. The molecular weight excluding hydrogens is 190 g/mol. The van der Waals surface area contributed by atoms with Crippen LogP contribution in [0.3, 0.4) is 0 Å². The van der Waals surface area contributed by atoms with Crippen molar-refractivity contribution in [3.8, 4) is 0 Å². The molecule has 2 aliphatic heterocycles. The molecule has 0 aromatic carbocycles. The molecule has 0 aliphatic carbocycles. The fraction of sp³-hybridized carbons (Fsp3) is 0.909. The molecule has 2 aliphatic rings. The molecule has 15 heavy (non-hydrogen) atoms. The van der Waals surface area contributed by atoms with E-state index in [4.69, 9.17) is 0 Å². The number of hydrogen-bond acceptors (Lipinski definition) is 2. The lowest BCUT2D eigenvalue weighted by molar-refractivity contribution is 0.192. The maximum absolute atomic E-state index is 11.8. The fourth-order valence-corrected chi connectivity index (χ4v) is 2.47. The summed E-state index contributed by atoms with van der Waals surface area (Å²) in [7, 11) is 0. The van der Waals surface area contributed by atoms with Crippen LogP contribution in [0.2, 0.25) is 0 Å². The normalized spacial score (nSPS) is 30.5. The van der Waals surface area contributed by atoms with Crippen LogP contribution in [0, 0.1) is 0 Å². The van der Waals surface area contributed by atoms with Gasteiger partial charge in [-0.2, -0.15) is 0 Å². The summed E-state index contributed by atoms with van der Waals surface area (Å²) in [4.78, 5) is 13.8. The third kappa shape index (κ3) is 2.62. The van der Waals surface area contributed by atoms with Gasteiger partial charge in [0, 0.05) is 31.2 Å². The largest absolute Gasteiger partial charge is 0.336 e. The number of carbonyl (C=O) groups excluding carboxylic acids is 1. The minimum atomic E-state index is 0.0966. The van der Waals surface area contributed by atoms with E-state index >= 15 is 0 Å². The van der Waals surface area contributed by atoms with Gasteiger partial charge < -0.3 is 15.5 Å². The van der Waals surface area contributed by atoms with Gasteiger partial charge in [0.15, 0.2) is 0 Å². The van der Waals surface area contributed by atoms with E-state index in [1.54, 1.807) is 0 Å². The highest BCUT2D eigenvalue weighted by atomic mass is 16.2. The fourth-order valence-electron chi connectivity index (χ4n) is 2.47. The SMILES string of the molecule is CC(C)NC(=O)N1CC[C@H]2CC[C@@H](C1)N2. The molecule has 2 bridgehead atoms. The van der Waals surface area contributed by atoms with E-state index in [2.05, 4.69) is 10.6 Å². The maximum Gasteiger partial charge on any atom is 0.317 e. The van der Waals surface area contributed by atoms with Crippen molar-refractivity contribution in [2.75, 3.05) is 13.1 Å². The topological polar surface area (TPSA) is 44.4 Å². The number of rotatable bonds is 1. The van der Waals surface area contributed by atoms with Gasteiger partial charge in [0.2, 0.25) is 0 Å². The van der Waals surface area contributed by atoms with Gasteiger partial charge in [-0.25, -0.2) is 4.79 Å². The minimum Gasteiger partial charge on any atom is -0.336 e. The van der Waals surface area contributed by atoms with E-state index < -0.39 is 0 Å². The van der Waals surface area contributed by atoms with E-state index in [0.29, 0.717) is 12.1 Å². The van der Waals surface area contributed by atoms with Crippen LogP contribution in [0.25, 0.3) is 0 Å². The molecular formula is C11H21N3O. The predicted molar refractivity (Wildman–Crippen MR) is 59.8 cm³/mol. The van der Waals surface area contributed by atoms with Gasteiger partial charge >= 0.3 is 6.03 Å². The Balaban J connectivity index is 1.90. The molecule has 0 spiro atoms. The van der Waals surface area contributed by atoms with Gasteiger partial charge in [0.1, 0.15) is 0 Å². The summed E-state index contributed by atoms with van der Waals surface area (Å²) in [5, 5.41) is 6.53. The second kappa shape index (κ2) is 4.39. The molecule has 2 atom stereocenters. The molecule has 2 rings (SSSR count). The summed E-state index contributed by atoms with van der Waals surface area (Å²) in [6.45, 7) is 5.77. The lowest BCUT2D eigenvalue weighted by atomic mass is 10.1. The Kier molecular flexibility index (Phi) is 3.14. The highest BCUT2D eigenvalue weighted by Gasteiger charge is 2.31. The lowest BCUT2D eigenvalue weighted by Gasteiger charge is -2.25. The Morgan fingerprint density at radius 3 is 2.80 bits per heavy atom. The van der Waals surface area contributed by atoms with Crippen molar-refractivity contribution in [2.45, 2.75) is 51.2 Å². The average molecular weight is 211 g/mol. The highest BCUT2D eigenvalue weighted by Crippen LogP contribution is 2.20. The van der Waals surface area contributed by atoms with Gasteiger partial charge in [-0.3, -0.25) is 0 Å². The third-order valence-corrected chi connectivity index (χ3v) is 3.22. The van der Waals surface area contributed by atoms with Crippen LogP contribution in [0.15, 0.2) is 0 Å². The van der Waals surface area contributed by atoms with E-state index in [-0.39, 0.29) is 12.1 Å². The van der Waals surface area contributed by atoms with Crippen LogP contribution in [-0.2, 0) is 0 Å². The predicted octanol–water partition coefficient (Wildman–Crippen LogP) is 0.931. The molecule has 0 saturated carbocycles. The maximum atomic E-state index is 11.8. The number of nitrogens with zero attached hydrogens (tertiary/aromatic N) is 1. The van der Waals surface area contributed by atoms with E-state index in [1.807, 2.05) is 18.7 Å². The van der Waals surface area contributed by atoms with Crippen LogP contribution in [0.1, 0.15) is 33.1 Å². The molecule has 2 N–H and O–H groups in total. The zero-order chi connectivity index (χ0) is 10.8. The minimum absolute atomic E-state index is 0.0966. The number of urea groups is 1. The Bertz CT molecular complexity index is 242. The molecule has 0 aromatic rings. The van der Waals surface area contributed by atoms with Gasteiger partial charge in [0.05, 0.1) is 0 Å². The van der Waals surface area contributed by atoms with Gasteiger partial charge in [-0.05, 0) is 33.1 Å². The van der Waals surface area contributed by atoms with Crippen LogP contribution >= 0.6 is 0 Å². The van der Waals surface area contributed by atoms with Gasteiger partial charge in [-0.1, -0.05) is 0 Å². The summed E-state index contributed by atoms with van der Waals surface area (Å²) in [5.41, 5.74) is 0. The van der Waals surface area contributed by atoms with E-state index in [0.717, 1.165) is 19.5 Å². The van der Waals surface area contributed by atoms with Gasteiger partial charge in [-0.15, -0.1) is 0 Å². The first-order valence-corrected chi connectivity index (χ1v) is 5.96. The quantitative estimate of drug-likeness (QED) is 0.677. The summed E-state index contributed by atoms with van der Waals surface area (Å²) < 4.78 is 0. The smallest absolute Gasteiger partial charge is 0.317 e. The number of carbonyl (C=O) groups is 1. The molecule has 0 unspecified atom stereocenters. The number of nitrogens with one attached hydrogen (secondary N) is 2. The number of hydrogen-bond donors (Lipinski definition) is 2. The van der Waals surface area contributed by atoms with Crippen molar-refractivity contribution < 1.29 is 4.79 Å². The summed E-state index contributed by atoms with van der Waals surface area (Å²) >= 11 is 0. The molecule has 0 radical (unpaired) electrons. The molecule has 2 heterocycles. The summed E-state index contributed by atoms with van der Waals surface area (Å²) in [6, 6.07) is 1.49. The highest BCUT2D eigenvalue weighted by molar-refractivity contribution is 5.74. The average Bonchev–Trinajstić information content (AvgIpc) is 2.44. The van der Waals surface area contributed by atoms with Crippen molar-refractivity contribution >= 4 is 6.03 Å². The third-order valence-electron chi connectivity index (χ3n) is 3.22. The number of likely N-dealkylation sites (tertiary alicyclic amines) is 1. The Hall–Kier alpha value is -0.770. The monoisotopic (exact) mass is 211 g/mol. The first-order chi connectivity index (χ1) is 7.15. The van der Waals surface area contributed by atoms with Crippen LogP contribution < -0.4 is 10.6 Å². The molecule has 86 valence electrons. The first kappa shape index (κ1) is 10.7. The first-order valence-electron chi connectivity index (χ1n) is 5.96. The van der Waals surface area contributed by atoms with E-state index in [9.17, 15) is 4.79 Å². The Morgan fingerprint density at radius 2 is 2.07 bits per heavy atom. The van der Waals surface area contributed by atoms with Crippen molar-refractivity contribution in [1.82, 2.24) is 15.5 Å². The molecule has 0 aromatic heterocycles. The lowest BCUT2D eigenvalue weighted by Crippen LogP contribution is -2.46.